The van der Waals surface area contributed by atoms with Gasteiger partial charge in [-0.3, -0.25) is 9.69 Å². The fourth-order valence-electron chi connectivity index (χ4n) is 2.13. The predicted molar refractivity (Wildman–Crippen MR) is 98.2 cm³/mol. The lowest BCUT2D eigenvalue weighted by atomic mass is 10.3. The van der Waals surface area contributed by atoms with Crippen molar-refractivity contribution in [2.24, 2.45) is 0 Å². The molecule has 0 unspecified atom stereocenters. The second-order valence-electron chi connectivity index (χ2n) is 6.20. The van der Waals surface area contributed by atoms with Crippen LogP contribution in [-0.4, -0.2) is 69.9 Å². The molecule has 7 nitrogen and oxygen atoms in total. The molecule has 0 aliphatic rings. The molecular weight excluding hydrogens is 342 g/mol. The molecule has 0 aromatic heterocycles. The Morgan fingerprint density at radius 1 is 1.20 bits per heavy atom. The molecule has 0 heterocycles. The normalized spacial score (nSPS) is 12.0. The summed E-state index contributed by atoms with van der Waals surface area (Å²) in [6, 6.07) is 6.45. The number of nitrogens with one attached hydrogen (secondary N) is 1. The molecule has 25 heavy (non-hydrogen) atoms. The number of hydrogen-bond donors (Lipinski definition) is 1. The number of nitrogens with zero attached hydrogens (tertiary/aromatic N) is 2. The summed E-state index contributed by atoms with van der Waals surface area (Å²) >= 11 is 0. The third kappa shape index (κ3) is 7.01. The molecule has 0 spiro atoms. The number of sulfonamides is 1. The van der Waals surface area contributed by atoms with E-state index in [0.29, 0.717) is 25.4 Å². The average molecular weight is 372 g/mol. The van der Waals surface area contributed by atoms with Gasteiger partial charge in [0.25, 0.3) is 0 Å². The van der Waals surface area contributed by atoms with Crippen LogP contribution < -0.4 is 10.1 Å². The van der Waals surface area contributed by atoms with Crippen LogP contribution in [0.1, 0.15) is 20.8 Å². The van der Waals surface area contributed by atoms with Crippen molar-refractivity contribution in [1.29, 1.82) is 0 Å². The summed E-state index contributed by atoms with van der Waals surface area (Å²) in [6.07, 6.45) is 0. The first kappa shape index (κ1) is 21.4. The van der Waals surface area contributed by atoms with Crippen LogP contribution in [0.4, 0.5) is 0 Å². The highest BCUT2D eigenvalue weighted by Gasteiger charge is 2.16. The van der Waals surface area contributed by atoms with E-state index >= 15 is 0 Å². The Bertz CT molecular complexity index is 642. The van der Waals surface area contributed by atoms with E-state index in [0.717, 1.165) is 6.54 Å². The van der Waals surface area contributed by atoms with Crippen molar-refractivity contribution in [2.45, 2.75) is 31.7 Å². The monoisotopic (exact) mass is 371 g/mol. The van der Waals surface area contributed by atoms with Crippen LogP contribution in [0.2, 0.25) is 0 Å². The maximum atomic E-state index is 12.0. The molecule has 1 N–H and O–H groups in total. The van der Waals surface area contributed by atoms with E-state index in [2.05, 4.69) is 5.32 Å². The summed E-state index contributed by atoms with van der Waals surface area (Å²) < 4.78 is 30.8. The van der Waals surface area contributed by atoms with Gasteiger partial charge in [0.2, 0.25) is 15.9 Å². The lowest BCUT2D eigenvalue weighted by Crippen LogP contribution is -2.41. The summed E-state index contributed by atoms with van der Waals surface area (Å²) in [4.78, 5) is 14.0. The molecule has 0 atom stereocenters. The number of carbonyl (C=O) groups excluding carboxylic acids is 1. The van der Waals surface area contributed by atoms with Gasteiger partial charge in [-0.2, -0.15) is 0 Å². The molecule has 0 saturated carbocycles. The van der Waals surface area contributed by atoms with E-state index in [1.54, 1.807) is 12.1 Å². The number of carbonyl (C=O) groups is 1. The van der Waals surface area contributed by atoms with Gasteiger partial charge in [0.1, 0.15) is 12.4 Å². The summed E-state index contributed by atoms with van der Waals surface area (Å²) in [5, 5.41) is 2.86. The van der Waals surface area contributed by atoms with E-state index in [1.165, 1.54) is 30.5 Å². The number of ether oxygens (including phenoxy) is 1. The van der Waals surface area contributed by atoms with Crippen LogP contribution in [0.3, 0.4) is 0 Å². The van der Waals surface area contributed by atoms with Gasteiger partial charge in [-0.15, -0.1) is 0 Å². The first-order valence-corrected chi connectivity index (χ1v) is 9.78. The quantitative estimate of drug-likeness (QED) is 0.668. The van der Waals surface area contributed by atoms with Crippen molar-refractivity contribution in [1.82, 2.24) is 14.5 Å². The lowest BCUT2D eigenvalue weighted by molar-refractivity contribution is -0.122. The van der Waals surface area contributed by atoms with Gasteiger partial charge in [0.05, 0.1) is 11.4 Å². The zero-order chi connectivity index (χ0) is 19.0. The smallest absolute Gasteiger partial charge is 0.242 e. The zero-order valence-electron chi connectivity index (χ0n) is 15.7. The first-order valence-electron chi connectivity index (χ1n) is 8.34. The molecule has 0 fully saturated rings. The molecular formula is C17H29N3O4S. The maximum Gasteiger partial charge on any atom is 0.242 e. The van der Waals surface area contributed by atoms with Gasteiger partial charge >= 0.3 is 0 Å². The SMILES string of the molecule is CCN(CCOc1ccc(S(=O)(=O)N(C)C)cc1)CC(=O)NC(C)C. The topological polar surface area (TPSA) is 79.0 Å². The molecule has 1 amide bonds. The van der Waals surface area contributed by atoms with Crippen LogP contribution in [-0.2, 0) is 14.8 Å². The van der Waals surface area contributed by atoms with Gasteiger partial charge in [0, 0.05) is 26.7 Å². The second kappa shape index (κ2) is 9.74. The van der Waals surface area contributed by atoms with Crippen molar-refractivity contribution >= 4 is 15.9 Å². The Morgan fingerprint density at radius 2 is 1.80 bits per heavy atom. The number of likely N-dealkylation sites (N-methyl/N-ethyl adjacent to an activating group) is 1. The summed E-state index contributed by atoms with van der Waals surface area (Å²) in [5.41, 5.74) is 0. The Morgan fingerprint density at radius 3 is 2.28 bits per heavy atom. The van der Waals surface area contributed by atoms with Crippen LogP contribution in [0.15, 0.2) is 29.2 Å². The summed E-state index contributed by atoms with van der Waals surface area (Å²) in [6.45, 7) is 7.95. The molecule has 0 aliphatic heterocycles. The largest absolute Gasteiger partial charge is 0.492 e. The summed E-state index contributed by atoms with van der Waals surface area (Å²) in [5.74, 6) is 0.593. The fourth-order valence-corrected chi connectivity index (χ4v) is 3.03. The van der Waals surface area contributed by atoms with E-state index in [1.807, 2.05) is 25.7 Å². The highest BCUT2D eigenvalue weighted by atomic mass is 32.2. The average Bonchev–Trinajstić information content (AvgIpc) is 2.53. The van der Waals surface area contributed by atoms with E-state index in [-0.39, 0.29) is 16.8 Å². The van der Waals surface area contributed by atoms with Crippen molar-refractivity contribution in [3.8, 4) is 5.75 Å². The first-order chi connectivity index (χ1) is 11.7. The van der Waals surface area contributed by atoms with E-state index in [9.17, 15) is 13.2 Å². The van der Waals surface area contributed by atoms with Crippen molar-refractivity contribution < 1.29 is 17.9 Å². The van der Waals surface area contributed by atoms with Crippen molar-refractivity contribution in [3.05, 3.63) is 24.3 Å². The third-order valence-corrected chi connectivity index (χ3v) is 5.37. The van der Waals surface area contributed by atoms with Crippen LogP contribution in [0.25, 0.3) is 0 Å². The van der Waals surface area contributed by atoms with Crippen LogP contribution >= 0.6 is 0 Å². The standard InChI is InChI=1S/C17H29N3O4S/c1-6-20(13-17(21)18-14(2)3)11-12-24-15-7-9-16(10-8-15)25(22,23)19(4)5/h7-10,14H,6,11-13H2,1-5H3,(H,18,21). The molecule has 1 aromatic carbocycles. The molecule has 0 aliphatic carbocycles. The molecule has 8 heteroatoms. The van der Waals surface area contributed by atoms with Crippen molar-refractivity contribution in [2.75, 3.05) is 40.3 Å². The van der Waals surface area contributed by atoms with Crippen LogP contribution in [0.5, 0.6) is 5.75 Å². The Labute approximate surface area is 151 Å². The number of rotatable bonds is 10. The van der Waals surface area contributed by atoms with Crippen LogP contribution in [0, 0.1) is 0 Å². The van der Waals surface area contributed by atoms with Gasteiger partial charge in [-0.25, -0.2) is 12.7 Å². The minimum atomic E-state index is -3.43. The molecule has 0 saturated heterocycles. The maximum absolute atomic E-state index is 12.0. The van der Waals surface area contributed by atoms with E-state index < -0.39 is 10.0 Å². The summed E-state index contributed by atoms with van der Waals surface area (Å²) in [7, 11) is -0.441. The van der Waals surface area contributed by atoms with Gasteiger partial charge in [-0.1, -0.05) is 6.92 Å². The highest BCUT2D eigenvalue weighted by molar-refractivity contribution is 7.89. The van der Waals surface area contributed by atoms with Gasteiger partial charge in [0.15, 0.2) is 0 Å². The number of hydrogen-bond acceptors (Lipinski definition) is 5. The van der Waals surface area contributed by atoms with Gasteiger partial charge in [-0.05, 0) is 44.7 Å². The Balaban J connectivity index is 2.51. The minimum Gasteiger partial charge on any atom is -0.492 e. The lowest BCUT2D eigenvalue weighted by Gasteiger charge is -2.20. The fraction of sp³-hybridized carbons (Fsp3) is 0.588. The molecule has 0 bridgehead atoms. The molecule has 142 valence electrons. The number of benzene rings is 1. The minimum absolute atomic E-state index is 0.00454. The third-order valence-electron chi connectivity index (χ3n) is 3.54. The van der Waals surface area contributed by atoms with E-state index in [4.69, 9.17) is 4.74 Å². The Hall–Kier alpha value is -1.64. The number of amides is 1. The molecule has 0 radical (unpaired) electrons. The van der Waals surface area contributed by atoms with Gasteiger partial charge < -0.3 is 10.1 Å². The second-order valence-corrected chi connectivity index (χ2v) is 8.35. The Kier molecular flexibility index (Phi) is 8.34. The molecule has 1 rings (SSSR count). The molecule has 1 aromatic rings. The van der Waals surface area contributed by atoms with Crippen molar-refractivity contribution in [3.63, 3.8) is 0 Å². The highest BCUT2D eigenvalue weighted by Crippen LogP contribution is 2.18. The predicted octanol–water partition coefficient (Wildman–Crippen LogP) is 1.16. The zero-order valence-corrected chi connectivity index (χ0v) is 16.5.